The van der Waals surface area contributed by atoms with Crippen LogP contribution in [-0.2, 0) is 14.3 Å². The Bertz CT molecular complexity index is 1280. The lowest BCUT2D eigenvalue weighted by molar-refractivity contribution is -0.383. The minimum absolute atomic E-state index is 0.0572. The number of aromatic nitrogens is 2. The normalized spacial score (nSPS) is 12.0. The van der Waals surface area contributed by atoms with E-state index in [1.807, 2.05) is 0 Å². The Labute approximate surface area is 192 Å². The molecule has 0 radical (unpaired) electrons. The summed E-state index contributed by atoms with van der Waals surface area (Å²) in [5, 5.41) is 17.3. The molecule has 33 heavy (non-hydrogen) atoms. The number of nitrogens with two attached hydrogens (primary N) is 1. The van der Waals surface area contributed by atoms with E-state index < -0.39 is 28.4 Å². The molecule has 0 saturated carbocycles. The number of rotatable bonds is 7. The van der Waals surface area contributed by atoms with Gasteiger partial charge in [-0.3, -0.25) is 30.1 Å². The van der Waals surface area contributed by atoms with Gasteiger partial charge >= 0.3 is 5.97 Å². The first kappa shape index (κ1) is 23.1. The van der Waals surface area contributed by atoms with Crippen molar-refractivity contribution in [3.05, 3.63) is 70.5 Å². The number of amides is 1. The van der Waals surface area contributed by atoms with Gasteiger partial charge in [-0.25, -0.2) is 4.98 Å². The Morgan fingerprint density at radius 1 is 1.18 bits per heavy atom. The number of nitro benzene ring substituents is 1. The number of nitro groups is 1. The van der Waals surface area contributed by atoms with Crippen molar-refractivity contribution in [3.63, 3.8) is 0 Å². The maximum atomic E-state index is 13.2. The van der Waals surface area contributed by atoms with Crippen LogP contribution in [0.4, 0.5) is 11.4 Å². The number of hydrogen-bond acceptors (Lipinski definition) is 9. The number of carbonyl (C=O) groups is 2. The number of nitrogens with one attached hydrogen (secondary N) is 2. The third kappa shape index (κ3) is 5.40. The van der Waals surface area contributed by atoms with E-state index in [0.29, 0.717) is 11.0 Å². The van der Waals surface area contributed by atoms with Crippen molar-refractivity contribution in [1.82, 2.24) is 15.4 Å². The van der Waals surface area contributed by atoms with E-state index in [0.717, 1.165) is 7.11 Å². The average molecular weight is 467 g/mol. The summed E-state index contributed by atoms with van der Waals surface area (Å²) in [7, 11) is 1.13. The van der Waals surface area contributed by atoms with Gasteiger partial charge < -0.3 is 15.8 Å². The lowest BCUT2D eigenvalue weighted by atomic mass is 9.98. The number of nitrogens with zero attached hydrogens (tertiary/aromatic N) is 4. The van der Waals surface area contributed by atoms with Crippen LogP contribution >= 0.6 is 12.2 Å². The van der Waals surface area contributed by atoms with E-state index in [1.54, 1.807) is 24.3 Å². The van der Waals surface area contributed by atoms with Gasteiger partial charge in [-0.15, -0.1) is 0 Å². The number of benzene rings is 2. The molecule has 4 N–H and O–H groups in total. The highest BCUT2D eigenvalue weighted by Gasteiger charge is 2.35. The van der Waals surface area contributed by atoms with Gasteiger partial charge in [-0.1, -0.05) is 24.3 Å². The lowest BCUT2D eigenvalue weighted by Crippen LogP contribution is -2.37. The molecule has 0 aliphatic rings. The zero-order valence-corrected chi connectivity index (χ0v) is 17.9. The Morgan fingerprint density at radius 2 is 1.85 bits per heavy atom. The smallest absolute Gasteiger partial charge is 0.321 e. The molecule has 0 aliphatic heterocycles. The Balaban J connectivity index is 2.09. The van der Waals surface area contributed by atoms with E-state index in [9.17, 15) is 19.7 Å². The third-order valence-corrected chi connectivity index (χ3v) is 4.43. The minimum atomic E-state index is -1.45. The van der Waals surface area contributed by atoms with Crippen molar-refractivity contribution in [2.24, 2.45) is 10.8 Å². The summed E-state index contributed by atoms with van der Waals surface area (Å²) < 4.78 is 4.86. The molecular weight excluding hydrogens is 450 g/mol. The fourth-order valence-electron chi connectivity index (χ4n) is 2.89. The Kier molecular flexibility index (Phi) is 7.15. The molecule has 1 unspecified atom stereocenters. The molecule has 1 amide bonds. The zero-order chi connectivity index (χ0) is 24.0. The maximum absolute atomic E-state index is 13.2. The molecule has 168 valence electrons. The second kappa shape index (κ2) is 10.2. The van der Waals surface area contributed by atoms with E-state index in [1.165, 1.54) is 30.5 Å². The quantitative estimate of drug-likeness (QED) is 0.152. The van der Waals surface area contributed by atoms with Crippen LogP contribution in [0.2, 0.25) is 0 Å². The molecule has 3 rings (SSSR count). The molecule has 0 aliphatic carbocycles. The van der Waals surface area contributed by atoms with Gasteiger partial charge in [0.05, 0.1) is 35.0 Å². The highest BCUT2D eigenvalue weighted by Crippen LogP contribution is 2.25. The molecular formula is C20H17N7O5S. The zero-order valence-electron chi connectivity index (χ0n) is 17.1. The van der Waals surface area contributed by atoms with Crippen molar-refractivity contribution >= 4 is 57.3 Å². The number of methoxy groups -OCH3 is 1. The average Bonchev–Trinajstić information content (AvgIpc) is 2.81. The minimum Gasteiger partial charge on any atom is -0.468 e. The molecule has 1 atom stereocenters. The van der Waals surface area contributed by atoms with Crippen molar-refractivity contribution in [1.29, 1.82) is 0 Å². The molecule has 0 fully saturated rings. The number of esters is 1. The van der Waals surface area contributed by atoms with Gasteiger partial charge in [-0.05, 0) is 30.4 Å². The molecule has 0 bridgehead atoms. The van der Waals surface area contributed by atoms with Crippen LogP contribution in [0.15, 0.2) is 59.8 Å². The fourth-order valence-corrected chi connectivity index (χ4v) is 2.93. The van der Waals surface area contributed by atoms with Crippen LogP contribution in [0.5, 0.6) is 0 Å². The number of hydrazone groups is 1. The fraction of sp³-hybridized carbons (Fsp3) is 0.100. The summed E-state index contributed by atoms with van der Waals surface area (Å²) in [5.74, 6) is -3.27. The summed E-state index contributed by atoms with van der Waals surface area (Å²) >= 11 is 4.74. The SMILES string of the molecule is COC(=O)C(/C(=N/NC(N)=S)C(=O)Nc1ccccc1[N+](=O)[O-])c1cnc2ccccc2n1. The van der Waals surface area contributed by atoms with Crippen LogP contribution in [0.1, 0.15) is 11.6 Å². The Morgan fingerprint density at radius 3 is 2.52 bits per heavy atom. The maximum Gasteiger partial charge on any atom is 0.321 e. The summed E-state index contributed by atoms with van der Waals surface area (Å²) in [6.07, 6.45) is 1.30. The van der Waals surface area contributed by atoms with Crippen molar-refractivity contribution < 1.29 is 19.2 Å². The van der Waals surface area contributed by atoms with Gasteiger partial charge in [-0.2, -0.15) is 5.10 Å². The first-order valence-electron chi connectivity index (χ1n) is 9.29. The summed E-state index contributed by atoms with van der Waals surface area (Å²) in [6, 6.07) is 12.4. The second-order valence-corrected chi connectivity index (χ2v) is 6.88. The highest BCUT2D eigenvalue weighted by molar-refractivity contribution is 7.80. The van der Waals surface area contributed by atoms with Gasteiger partial charge in [0, 0.05) is 6.07 Å². The van der Waals surface area contributed by atoms with Crippen molar-refractivity contribution in [3.8, 4) is 0 Å². The summed E-state index contributed by atoms with van der Waals surface area (Å²) in [6.45, 7) is 0. The topological polar surface area (TPSA) is 175 Å². The van der Waals surface area contributed by atoms with E-state index in [-0.39, 0.29) is 22.2 Å². The molecule has 12 nitrogen and oxygen atoms in total. The number of carbonyl (C=O) groups excluding carboxylic acids is 2. The van der Waals surface area contributed by atoms with Crippen LogP contribution in [0.25, 0.3) is 11.0 Å². The molecule has 2 aromatic carbocycles. The first-order valence-corrected chi connectivity index (χ1v) is 9.70. The second-order valence-electron chi connectivity index (χ2n) is 6.44. The first-order chi connectivity index (χ1) is 15.8. The predicted molar refractivity (Wildman–Crippen MR) is 123 cm³/mol. The Hall–Kier alpha value is -4.52. The van der Waals surface area contributed by atoms with Gasteiger partial charge in [0.15, 0.2) is 5.11 Å². The predicted octanol–water partition coefficient (Wildman–Crippen LogP) is 1.62. The lowest BCUT2D eigenvalue weighted by Gasteiger charge is -2.17. The van der Waals surface area contributed by atoms with Crippen LogP contribution < -0.4 is 16.5 Å². The molecule has 1 aromatic heterocycles. The largest absolute Gasteiger partial charge is 0.468 e. The van der Waals surface area contributed by atoms with Crippen LogP contribution in [0.3, 0.4) is 0 Å². The standard InChI is InChI=1S/C20H17N7O5S/c1-32-19(29)16(14-10-22-11-6-2-3-7-12(11)23-14)17(25-26-20(21)33)18(28)24-13-8-4-5-9-15(13)27(30)31/h2-10,16H,1H3,(H,24,28)(H3,21,26,33)/b25-17-. The van der Waals surface area contributed by atoms with E-state index in [2.05, 4.69) is 25.8 Å². The van der Waals surface area contributed by atoms with Gasteiger partial charge in [0.25, 0.3) is 11.6 Å². The number of hydrogen-bond donors (Lipinski definition) is 3. The number of para-hydroxylation sites is 4. The highest BCUT2D eigenvalue weighted by atomic mass is 32.1. The molecule has 3 aromatic rings. The number of thiocarbonyl (C=S) groups is 1. The van der Waals surface area contributed by atoms with Crippen molar-refractivity contribution in [2.45, 2.75) is 5.92 Å². The van der Waals surface area contributed by atoms with Crippen LogP contribution in [-0.4, -0.2) is 44.7 Å². The van der Waals surface area contributed by atoms with Gasteiger partial charge in [0.1, 0.15) is 17.3 Å². The third-order valence-electron chi connectivity index (χ3n) is 4.34. The van der Waals surface area contributed by atoms with E-state index in [4.69, 9.17) is 22.7 Å². The molecule has 0 saturated heterocycles. The monoisotopic (exact) mass is 467 g/mol. The number of ether oxygens (including phenoxy) is 1. The molecule has 1 heterocycles. The number of fused-ring (bicyclic) bond motifs is 1. The summed E-state index contributed by atoms with van der Waals surface area (Å²) in [5.41, 5.74) is 7.86. The summed E-state index contributed by atoms with van der Waals surface area (Å²) in [4.78, 5) is 45.2. The van der Waals surface area contributed by atoms with Gasteiger partial charge in [0.2, 0.25) is 0 Å². The van der Waals surface area contributed by atoms with E-state index >= 15 is 0 Å². The van der Waals surface area contributed by atoms with Crippen LogP contribution in [0, 0.1) is 10.1 Å². The molecule has 0 spiro atoms. The van der Waals surface area contributed by atoms with Crippen molar-refractivity contribution in [2.75, 3.05) is 12.4 Å². The molecule has 13 heteroatoms. The number of anilines is 1.